The molecule has 2 aromatic rings. The fourth-order valence-corrected chi connectivity index (χ4v) is 6.76. The molecule has 0 unspecified atom stereocenters. The molecule has 2 aromatic carbocycles. The SMILES string of the molecule is CCCCC1(CCCC)CS(=O)(=O)c2ccc(N(C)C)cc2[C@@H](c2ccc(OC)cc2)N1. The van der Waals surface area contributed by atoms with Crippen molar-refractivity contribution in [1.82, 2.24) is 5.32 Å². The zero-order valence-corrected chi connectivity index (χ0v) is 21.0. The van der Waals surface area contributed by atoms with Crippen LogP contribution in [0.2, 0.25) is 0 Å². The van der Waals surface area contributed by atoms with Gasteiger partial charge in [0.15, 0.2) is 9.84 Å². The molecule has 0 amide bonds. The zero-order valence-electron chi connectivity index (χ0n) is 20.1. The molecule has 5 nitrogen and oxygen atoms in total. The molecule has 1 atom stereocenters. The predicted octanol–water partition coefficient (Wildman–Crippen LogP) is 5.35. The first-order chi connectivity index (χ1) is 15.2. The third-order valence-electron chi connectivity index (χ3n) is 6.54. The summed E-state index contributed by atoms with van der Waals surface area (Å²) >= 11 is 0. The Balaban J connectivity index is 2.21. The van der Waals surface area contributed by atoms with Crippen LogP contribution in [0.4, 0.5) is 5.69 Å². The van der Waals surface area contributed by atoms with Crippen LogP contribution in [0.5, 0.6) is 5.75 Å². The summed E-state index contributed by atoms with van der Waals surface area (Å²) in [4.78, 5) is 2.47. The van der Waals surface area contributed by atoms with E-state index >= 15 is 0 Å². The number of nitrogens with zero attached hydrogens (tertiary/aromatic N) is 1. The van der Waals surface area contributed by atoms with Gasteiger partial charge in [-0.25, -0.2) is 8.42 Å². The maximum Gasteiger partial charge on any atom is 0.180 e. The Morgan fingerprint density at radius 3 is 2.19 bits per heavy atom. The molecule has 3 rings (SSSR count). The monoisotopic (exact) mass is 458 g/mol. The summed E-state index contributed by atoms with van der Waals surface area (Å²) in [7, 11) is 2.17. The average molecular weight is 459 g/mol. The maximum absolute atomic E-state index is 13.7. The van der Waals surface area contributed by atoms with Gasteiger partial charge >= 0.3 is 0 Å². The number of methoxy groups -OCH3 is 1. The standard InChI is InChI=1S/C26H38N2O3S/c1-6-8-16-26(17-9-7-2)19-32(29,30)24-15-12-21(28(3)4)18-23(24)25(27-26)20-10-13-22(31-5)14-11-20/h10-15,18,25,27H,6-9,16-17,19H2,1-5H3/t25-/m1/s1. The number of nitrogens with one attached hydrogen (secondary N) is 1. The van der Waals surface area contributed by atoms with E-state index in [1.807, 2.05) is 55.4 Å². The number of fused-ring (bicyclic) bond motifs is 1. The molecule has 1 heterocycles. The van der Waals surface area contributed by atoms with E-state index in [0.717, 1.165) is 61.1 Å². The molecule has 32 heavy (non-hydrogen) atoms. The van der Waals surface area contributed by atoms with Crippen molar-refractivity contribution >= 4 is 15.5 Å². The van der Waals surface area contributed by atoms with Gasteiger partial charge in [0.2, 0.25) is 0 Å². The quantitative estimate of drug-likeness (QED) is 0.549. The molecule has 1 aliphatic rings. The molecular formula is C26H38N2O3S. The van der Waals surface area contributed by atoms with E-state index in [1.54, 1.807) is 13.2 Å². The smallest absolute Gasteiger partial charge is 0.180 e. The molecule has 176 valence electrons. The number of sulfone groups is 1. The van der Waals surface area contributed by atoms with Crippen LogP contribution >= 0.6 is 0 Å². The van der Waals surface area contributed by atoms with Crippen molar-refractivity contribution in [1.29, 1.82) is 0 Å². The number of rotatable bonds is 9. The van der Waals surface area contributed by atoms with Gasteiger partial charge in [-0.05, 0) is 54.3 Å². The molecule has 0 radical (unpaired) electrons. The number of hydrogen-bond donors (Lipinski definition) is 1. The third kappa shape index (κ3) is 5.29. The van der Waals surface area contributed by atoms with Crippen molar-refractivity contribution in [3.63, 3.8) is 0 Å². The molecule has 6 heteroatoms. The summed E-state index contributed by atoms with van der Waals surface area (Å²) in [5.74, 6) is 0.932. The average Bonchev–Trinajstić information content (AvgIpc) is 2.88. The fourth-order valence-electron chi connectivity index (χ4n) is 4.69. The molecule has 1 N–H and O–H groups in total. The van der Waals surface area contributed by atoms with E-state index in [9.17, 15) is 8.42 Å². The summed E-state index contributed by atoms with van der Waals surface area (Å²) in [5, 5.41) is 3.89. The van der Waals surface area contributed by atoms with Gasteiger partial charge in [0, 0.05) is 25.3 Å². The molecule has 0 aliphatic carbocycles. The van der Waals surface area contributed by atoms with Crippen LogP contribution in [0, 0.1) is 0 Å². The normalized spacial score (nSPS) is 19.1. The molecule has 0 spiro atoms. The van der Waals surface area contributed by atoms with Crippen molar-refractivity contribution in [2.75, 3.05) is 31.9 Å². The van der Waals surface area contributed by atoms with Gasteiger partial charge in [-0.15, -0.1) is 0 Å². The number of benzene rings is 2. The molecule has 0 fully saturated rings. The minimum atomic E-state index is -3.45. The van der Waals surface area contributed by atoms with Crippen molar-refractivity contribution in [2.24, 2.45) is 0 Å². The van der Waals surface area contributed by atoms with Crippen LogP contribution in [-0.4, -0.2) is 40.9 Å². The Hall–Kier alpha value is -2.05. The van der Waals surface area contributed by atoms with Crippen LogP contribution in [0.25, 0.3) is 0 Å². The first-order valence-electron chi connectivity index (χ1n) is 11.7. The van der Waals surface area contributed by atoms with Gasteiger partial charge < -0.3 is 9.64 Å². The lowest BCUT2D eigenvalue weighted by molar-refractivity contribution is 0.278. The largest absolute Gasteiger partial charge is 0.497 e. The van der Waals surface area contributed by atoms with Gasteiger partial charge in [-0.1, -0.05) is 51.7 Å². The summed E-state index contributed by atoms with van der Waals surface area (Å²) in [6.07, 6.45) is 5.79. The topological polar surface area (TPSA) is 58.6 Å². The van der Waals surface area contributed by atoms with Gasteiger partial charge in [0.05, 0.1) is 23.8 Å². The molecule has 0 bridgehead atoms. The highest BCUT2D eigenvalue weighted by Crippen LogP contribution is 2.40. The lowest BCUT2D eigenvalue weighted by atomic mass is 9.86. The lowest BCUT2D eigenvalue weighted by Crippen LogP contribution is -2.50. The summed E-state index contributed by atoms with van der Waals surface area (Å²) in [6.45, 7) is 4.33. The maximum atomic E-state index is 13.7. The van der Waals surface area contributed by atoms with E-state index in [2.05, 4.69) is 19.2 Å². The zero-order chi connectivity index (χ0) is 23.4. The highest BCUT2D eigenvalue weighted by Gasteiger charge is 2.42. The minimum Gasteiger partial charge on any atom is -0.497 e. The summed E-state index contributed by atoms with van der Waals surface area (Å²) in [5.41, 5.74) is 2.43. The number of anilines is 1. The Kier molecular flexibility index (Phi) is 7.88. The van der Waals surface area contributed by atoms with Crippen molar-refractivity contribution in [3.05, 3.63) is 53.6 Å². The Bertz CT molecular complexity index is 992. The van der Waals surface area contributed by atoms with Crippen LogP contribution in [0.3, 0.4) is 0 Å². The van der Waals surface area contributed by atoms with Crippen LogP contribution in [0.1, 0.15) is 69.5 Å². The second kappa shape index (κ2) is 10.3. The highest BCUT2D eigenvalue weighted by atomic mass is 32.2. The van der Waals surface area contributed by atoms with Gasteiger partial charge in [0.1, 0.15) is 5.75 Å². The van der Waals surface area contributed by atoms with Gasteiger partial charge in [0.25, 0.3) is 0 Å². The summed E-state index contributed by atoms with van der Waals surface area (Å²) in [6, 6.07) is 13.5. The second-order valence-electron chi connectivity index (χ2n) is 9.21. The van der Waals surface area contributed by atoms with Gasteiger partial charge in [-0.3, -0.25) is 5.32 Å². The fraction of sp³-hybridized carbons (Fsp3) is 0.538. The number of unbranched alkanes of at least 4 members (excludes halogenated alkanes) is 2. The molecular weight excluding hydrogens is 420 g/mol. The highest BCUT2D eigenvalue weighted by molar-refractivity contribution is 7.91. The van der Waals surface area contributed by atoms with E-state index < -0.39 is 15.4 Å². The van der Waals surface area contributed by atoms with Crippen molar-refractivity contribution < 1.29 is 13.2 Å². The van der Waals surface area contributed by atoms with Crippen LogP contribution < -0.4 is 15.0 Å². The minimum absolute atomic E-state index is 0.140. The molecule has 0 aromatic heterocycles. The predicted molar refractivity (Wildman–Crippen MR) is 133 cm³/mol. The van der Waals surface area contributed by atoms with E-state index in [1.165, 1.54) is 0 Å². The lowest BCUT2D eigenvalue weighted by Gasteiger charge is -2.37. The molecule has 1 aliphatic heterocycles. The van der Waals surface area contributed by atoms with Crippen LogP contribution in [0.15, 0.2) is 47.4 Å². The first kappa shape index (κ1) is 24.6. The van der Waals surface area contributed by atoms with E-state index in [-0.39, 0.29) is 11.8 Å². The molecule has 0 saturated heterocycles. The third-order valence-corrected chi connectivity index (χ3v) is 8.51. The Morgan fingerprint density at radius 2 is 1.66 bits per heavy atom. The van der Waals surface area contributed by atoms with Crippen LogP contribution in [-0.2, 0) is 9.84 Å². The Morgan fingerprint density at radius 1 is 1.03 bits per heavy atom. The van der Waals surface area contributed by atoms with E-state index in [0.29, 0.717) is 4.90 Å². The van der Waals surface area contributed by atoms with Gasteiger partial charge in [-0.2, -0.15) is 0 Å². The Labute approximate surface area is 194 Å². The number of ether oxygens (including phenoxy) is 1. The molecule has 0 saturated carbocycles. The van der Waals surface area contributed by atoms with Crippen molar-refractivity contribution in [3.8, 4) is 5.75 Å². The van der Waals surface area contributed by atoms with E-state index in [4.69, 9.17) is 4.74 Å². The second-order valence-corrected chi connectivity index (χ2v) is 11.2. The first-order valence-corrected chi connectivity index (χ1v) is 13.4. The summed E-state index contributed by atoms with van der Waals surface area (Å²) < 4.78 is 32.8. The van der Waals surface area contributed by atoms with Crippen molar-refractivity contribution in [2.45, 2.75) is 68.8 Å². The number of hydrogen-bond acceptors (Lipinski definition) is 5.